The number of para-hydroxylation sites is 1. The molecule has 0 atom stereocenters. The van der Waals surface area contributed by atoms with E-state index in [4.69, 9.17) is 4.74 Å². The van der Waals surface area contributed by atoms with E-state index >= 15 is 0 Å². The van der Waals surface area contributed by atoms with Crippen molar-refractivity contribution in [2.24, 2.45) is 0 Å². The Hall–Kier alpha value is -0.610. The highest BCUT2D eigenvalue weighted by atomic mass is 79.9. The molecule has 0 N–H and O–H groups in total. The van der Waals surface area contributed by atoms with Gasteiger partial charge in [-0.25, -0.2) is 4.98 Å². The molecule has 0 amide bonds. The van der Waals surface area contributed by atoms with Crippen LogP contribution in [0.5, 0.6) is 5.75 Å². The topological polar surface area (TPSA) is 22.1 Å². The number of fused-ring (bicyclic) bond motifs is 1. The molecule has 0 bridgehead atoms. The van der Waals surface area contributed by atoms with E-state index in [1.54, 1.807) is 11.3 Å². The summed E-state index contributed by atoms with van der Waals surface area (Å²) in [5.41, 5.74) is 0.946. The van der Waals surface area contributed by atoms with Crippen LogP contribution >= 0.6 is 27.3 Å². The molecule has 2 nitrogen and oxygen atoms in total. The summed E-state index contributed by atoms with van der Waals surface area (Å²) in [7, 11) is 0. The Morgan fingerprint density at radius 3 is 3.15 bits per heavy atom. The molecule has 0 aliphatic heterocycles. The zero-order chi connectivity index (χ0) is 9.26. The Bertz CT molecular complexity index is 426. The number of hydrogen-bond donors (Lipinski definition) is 0. The zero-order valence-electron chi connectivity index (χ0n) is 7.08. The van der Waals surface area contributed by atoms with Crippen LogP contribution in [0.4, 0.5) is 0 Å². The van der Waals surface area contributed by atoms with Gasteiger partial charge in [-0.15, -0.1) is 11.3 Å². The Kier molecular flexibility index (Phi) is 2.51. The Labute approximate surface area is 88.7 Å². The number of rotatable bonds is 2. The highest BCUT2D eigenvalue weighted by Crippen LogP contribution is 2.31. The van der Waals surface area contributed by atoms with Gasteiger partial charge in [0.1, 0.15) is 11.3 Å². The summed E-state index contributed by atoms with van der Waals surface area (Å²) in [5, 5.41) is 0. The van der Waals surface area contributed by atoms with Crippen LogP contribution in [0.15, 0.2) is 22.1 Å². The molecular formula is C9H8BrNOS. The number of ether oxygens (including phenoxy) is 1. The van der Waals surface area contributed by atoms with Crippen LogP contribution in [0.3, 0.4) is 0 Å². The molecule has 2 rings (SSSR count). The highest BCUT2D eigenvalue weighted by molar-refractivity contribution is 9.11. The van der Waals surface area contributed by atoms with Gasteiger partial charge in [0.05, 0.1) is 11.3 Å². The molecule has 1 aromatic carbocycles. The lowest BCUT2D eigenvalue weighted by atomic mass is 10.3. The number of thiazole rings is 1. The minimum atomic E-state index is 0.675. The average molecular weight is 258 g/mol. The maximum absolute atomic E-state index is 5.46. The van der Waals surface area contributed by atoms with Gasteiger partial charge in [0.15, 0.2) is 3.92 Å². The molecule has 68 valence electrons. The number of benzene rings is 1. The fraction of sp³-hybridized carbons (Fsp3) is 0.222. The monoisotopic (exact) mass is 257 g/mol. The van der Waals surface area contributed by atoms with Gasteiger partial charge in [0.25, 0.3) is 0 Å². The van der Waals surface area contributed by atoms with E-state index in [0.717, 1.165) is 19.9 Å². The molecular weight excluding hydrogens is 250 g/mol. The van der Waals surface area contributed by atoms with E-state index < -0.39 is 0 Å². The van der Waals surface area contributed by atoms with Gasteiger partial charge in [-0.2, -0.15) is 0 Å². The Morgan fingerprint density at radius 2 is 2.38 bits per heavy atom. The van der Waals surface area contributed by atoms with Crippen LogP contribution in [0, 0.1) is 0 Å². The van der Waals surface area contributed by atoms with E-state index in [0.29, 0.717) is 6.61 Å². The molecule has 0 spiro atoms. The van der Waals surface area contributed by atoms with Crippen LogP contribution in [0.25, 0.3) is 10.2 Å². The van der Waals surface area contributed by atoms with Crippen LogP contribution < -0.4 is 4.74 Å². The third-order valence-corrected chi connectivity index (χ3v) is 3.13. The fourth-order valence-corrected chi connectivity index (χ4v) is 2.58. The van der Waals surface area contributed by atoms with E-state index in [1.807, 2.05) is 25.1 Å². The van der Waals surface area contributed by atoms with Gasteiger partial charge >= 0.3 is 0 Å². The Morgan fingerprint density at radius 1 is 1.54 bits per heavy atom. The third kappa shape index (κ3) is 1.69. The van der Waals surface area contributed by atoms with Crippen LogP contribution in [0.2, 0.25) is 0 Å². The van der Waals surface area contributed by atoms with E-state index in [-0.39, 0.29) is 0 Å². The van der Waals surface area contributed by atoms with E-state index in [2.05, 4.69) is 20.9 Å². The number of nitrogens with zero attached hydrogens (tertiary/aromatic N) is 1. The van der Waals surface area contributed by atoms with Crippen molar-refractivity contribution in [1.82, 2.24) is 4.98 Å². The maximum Gasteiger partial charge on any atom is 0.160 e. The fourth-order valence-electron chi connectivity index (χ4n) is 1.17. The van der Waals surface area contributed by atoms with Crippen LogP contribution in [-0.4, -0.2) is 11.6 Å². The first-order valence-corrected chi connectivity index (χ1v) is 5.60. The van der Waals surface area contributed by atoms with Gasteiger partial charge in [-0.3, -0.25) is 0 Å². The van der Waals surface area contributed by atoms with Crippen molar-refractivity contribution in [1.29, 1.82) is 0 Å². The maximum atomic E-state index is 5.46. The van der Waals surface area contributed by atoms with Crippen molar-refractivity contribution in [3.05, 3.63) is 22.1 Å². The molecule has 0 aliphatic carbocycles. The highest BCUT2D eigenvalue weighted by Gasteiger charge is 2.06. The molecule has 2 aromatic rings. The molecule has 0 fully saturated rings. The molecule has 0 unspecified atom stereocenters. The summed E-state index contributed by atoms with van der Waals surface area (Å²) in [5.74, 6) is 0.863. The number of hydrogen-bond acceptors (Lipinski definition) is 3. The smallest absolute Gasteiger partial charge is 0.160 e. The van der Waals surface area contributed by atoms with Crippen molar-refractivity contribution in [3.63, 3.8) is 0 Å². The quantitative estimate of drug-likeness (QED) is 0.822. The molecule has 1 aromatic heterocycles. The number of aromatic nitrogens is 1. The summed E-state index contributed by atoms with van der Waals surface area (Å²) in [6.45, 7) is 2.65. The number of halogens is 1. The summed E-state index contributed by atoms with van der Waals surface area (Å²) in [6.07, 6.45) is 0. The summed E-state index contributed by atoms with van der Waals surface area (Å²) in [4.78, 5) is 4.34. The predicted octanol–water partition coefficient (Wildman–Crippen LogP) is 3.46. The lowest BCUT2D eigenvalue weighted by molar-refractivity contribution is 0.343. The molecule has 1 heterocycles. The largest absolute Gasteiger partial charge is 0.492 e. The van der Waals surface area contributed by atoms with Crippen LogP contribution in [-0.2, 0) is 0 Å². The zero-order valence-corrected chi connectivity index (χ0v) is 9.48. The standard InChI is InChI=1S/C9H8BrNOS/c1-2-12-6-4-3-5-7-8(6)11-9(10)13-7/h3-5H,2H2,1H3. The normalized spacial score (nSPS) is 10.6. The first-order chi connectivity index (χ1) is 6.31. The van der Waals surface area contributed by atoms with Crippen molar-refractivity contribution in [3.8, 4) is 5.75 Å². The molecule has 0 saturated carbocycles. The second kappa shape index (κ2) is 3.64. The van der Waals surface area contributed by atoms with Gasteiger partial charge in [-0.1, -0.05) is 6.07 Å². The van der Waals surface area contributed by atoms with Crippen molar-refractivity contribution in [2.45, 2.75) is 6.92 Å². The lowest BCUT2D eigenvalue weighted by Gasteiger charge is -2.01. The Balaban J connectivity index is 2.60. The predicted molar refractivity (Wildman–Crippen MR) is 58.5 cm³/mol. The minimum absolute atomic E-state index is 0.675. The van der Waals surface area contributed by atoms with Crippen molar-refractivity contribution >= 4 is 37.5 Å². The van der Waals surface area contributed by atoms with Crippen LogP contribution in [0.1, 0.15) is 6.92 Å². The molecule has 0 aliphatic rings. The van der Waals surface area contributed by atoms with E-state index in [1.165, 1.54) is 0 Å². The minimum Gasteiger partial charge on any atom is -0.492 e. The summed E-state index contributed by atoms with van der Waals surface area (Å²) in [6, 6.07) is 5.97. The lowest BCUT2D eigenvalue weighted by Crippen LogP contribution is -1.91. The molecule has 4 heteroatoms. The third-order valence-electron chi connectivity index (χ3n) is 1.66. The summed E-state index contributed by atoms with van der Waals surface area (Å²) < 4.78 is 7.50. The average Bonchev–Trinajstić information content (AvgIpc) is 2.47. The van der Waals surface area contributed by atoms with Gasteiger partial charge in [-0.05, 0) is 35.0 Å². The van der Waals surface area contributed by atoms with Crippen molar-refractivity contribution in [2.75, 3.05) is 6.61 Å². The first kappa shape index (κ1) is 8.97. The van der Waals surface area contributed by atoms with Gasteiger partial charge < -0.3 is 4.74 Å². The first-order valence-electron chi connectivity index (χ1n) is 3.99. The molecule has 0 radical (unpaired) electrons. The van der Waals surface area contributed by atoms with Gasteiger partial charge in [0, 0.05) is 0 Å². The van der Waals surface area contributed by atoms with Gasteiger partial charge in [0.2, 0.25) is 0 Å². The molecule has 0 saturated heterocycles. The second-order valence-electron chi connectivity index (χ2n) is 2.50. The SMILES string of the molecule is CCOc1cccc2sc(Br)nc12. The van der Waals surface area contributed by atoms with E-state index in [9.17, 15) is 0 Å². The molecule has 13 heavy (non-hydrogen) atoms. The summed E-state index contributed by atoms with van der Waals surface area (Å²) >= 11 is 4.98. The van der Waals surface area contributed by atoms with Crippen molar-refractivity contribution < 1.29 is 4.74 Å². The second-order valence-corrected chi connectivity index (χ2v) is 4.81.